The summed E-state index contributed by atoms with van der Waals surface area (Å²) < 4.78 is 5.90. The van der Waals surface area contributed by atoms with E-state index in [4.69, 9.17) is 10.5 Å². The van der Waals surface area contributed by atoms with Crippen molar-refractivity contribution in [2.24, 2.45) is 0 Å². The third kappa shape index (κ3) is 2.72. The first kappa shape index (κ1) is 12.2. The van der Waals surface area contributed by atoms with E-state index >= 15 is 0 Å². The molecule has 0 amide bonds. The van der Waals surface area contributed by atoms with Crippen LogP contribution in [0.15, 0.2) is 34.9 Å². The number of nitrogen functional groups attached to an aromatic ring is 1. The lowest BCUT2D eigenvalue weighted by atomic mass is 10.3. The lowest BCUT2D eigenvalue weighted by molar-refractivity contribution is -0.385. The molecule has 92 valence electrons. The second kappa shape index (κ2) is 4.96. The Morgan fingerprint density at radius 2 is 2.17 bits per heavy atom. The van der Waals surface area contributed by atoms with E-state index in [0.717, 1.165) is 0 Å². The number of hydrogen-bond donors (Lipinski definition) is 1. The number of aromatic nitrogens is 2. The monoisotopic (exact) mass is 310 g/mol. The molecule has 0 bridgehead atoms. The number of nitro groups is 1. The number of ether oxygens (including phenoxy) is 1. The first-order valence-electron chi connectivity index (χ1n) is 4.76. The molecule has 0 radical (unpaired) electrons. The molecule has 2 N–H and O–H groups in total. The average molecular weight is 311 g/mol. The number of rotatable bonds is 3. The Labute approximate surface area is 110 Å². The molecule has 2 aromatic rings. The van der Waals surface area contributed by atoms with Gasteiger partial charge in [0, 0.05) is 22.8 Å². The van der Waals surface area contributed by atoms with E-state index in [9.17, 15) is 10.1 Å². The van der Waals surface area contributed by atoms with Crippen molar-refractivity contribution in [3.05, 3.63) is 45.0 Å². The van der Waals surface area contributed by atoms with Crippen LogP contribution in [-0.2, 0) is 0 Å². The van der Waals surface area contributed by atoms with Crippen molar-refractivity contribution in [2.45, 2.75) is 0 Å². The van der Waals surface area contributed by atoms with Crippen LogP contribution in [0.5, 0.6) is 11.6 Å². The van der Waals surface area contributed by atoms with Gasteiger partial charge < -0.3 is 10.5 Å². The minimum absolute atomic E-state index is 0.0345. The number of nitro benzene ring substituents is 1. The lowest BCUT2D eigenvalue weighted by Crippen LogP contribution is -1.98. The molecule has 0 atom stereocenters. The zero-order valence-electron chi connectivity index (χ0n) is 8.91. The van der Waals surface area contributed by atoms with Crippen LogP contribution in [0.4, 0.5) is 11.6 Å². The van der Waals surface area contributed by atoms with Gasteiger partial charge >= 0.3 is 5.69 Å². The normalized spacial score (nSPS) is 10.1. The summed E-state index contributed by atoms with van der Waals surface area (Å²) in [5, 5.41) is 10.9. The van der Waals surface area contributed by atoms with Crippen LogP contribution in [-0.4, -0.2) is 14.9 Å². The van der Waals surface area contributed by atoms with Gasteiger partial charge in [0.05, 0.1) is 4.92 Å². The summed E-state index contributed by atoms with van der Waals surface area (Å²) in [6.45, 7) is 0. The summed E-state index contributed by atoms with van der Waals surface area (Å²) in [6.07, 6.45) is 1.41. The molecule has 1 heterocycles. The Morgan fingerprint density at radius 3 is 2.83 bits per heavy atom. The van der Waals surface area contributed by atoms with Crippen LogP contribution in [0.3, 0.4) is 0 Å². The highest BCUT2D eigenvalue weighted by molar-refractivity contribution is 9.10. The van der Waals surface area contributed by atoms with Crippen molar-refractivity contribution in [3.63, 3.8) is 0 Å². The first-order valence-corrected chi connectivity index (χ1v) is 5.56. The number of nitrogens with two attached hydrogens (primary N) is 1. The van der Waals surface area contributed by atoms with E-state index in [2.05, 4.69) is 25.9 Å². The smallest absolute Gasteiger partial charge is 0.312 e. The van der Waals surface area contributed by atoms with Crippen LogP contribution >= 0.6 is 15.9 Å². The summed E-state index contributed by atoms with van der Waals surface area (Å²) >= 11 is 3.16. The zero-order valence-corrected chi connectivity index (χ0v) is 10.5. The fourth-order valence-corrected chi connectivity index (χ4v) is 1.59. The molecule has 0 aliphatic heterocycles. The van der Waals surface area contributed by atoms with E-state index in [1.54, 1.807) is 6.07 Å². The zero-order chi connectivity index (χ0) is 13.1. The number of benzene rings is 1. The topological polar surface area (TPSA) is 104 Å². The van der Waals surface area contributed by atoms with E-state index in [0.29, 0.717) is 4.47 Å². The van der Waals surface area contributed by atoms with Crippen LogP contribution in [0.1, 0.15) is 0 Å². The molecule has 0 unspecified atom stereocenters. The summed E-state index contributed by atoms with van der Waals surface area (Å²) in [7, 11) is 0. The Kier molecular flexibility index (Phi) is 3.38. The van der Waals surface area contributed by atoms with Crippen LogP contribution in [0.2, 0.25) is 0 Å². The highest BCUT2D eigenvalue weighted by Crippen LogP contribution is 2.32. The second-order valence-corrected chi connectivity index (χ2v) is 4.14. The summed E-state index contributed by atoms with van der Waals surface area (Å²) in [5.41, 5.74) is 5.23. The Hall–Kier alpha value is -2.22. The highest BCUT2D eigenvalue weighted by atomic mass is 79.9. The molecular weight excluding hydrogens is 304 g/mol. The van der Waals surface area contributed by atoms with Crippen LogP contribution < -0.4 is 10.5 Å². The minimum atomic E-state index is -0.537. The predicted molar refractivity (Wildman–Crippen MR) is 67.3 cm³/mol. The molecule has 0 fully saturated rings. The molecular formula is C10H7BrN4O3. The van der Waals surface area contributed by atoms with Gasteiger partial charge in [0.15, 0.2) is 0 Å². The molecule has 2 rings (SSSR count). The van der Waals surface area contributed by atoms with E-state index < -0.39 is 4.92 Å². The van der Waals surface area contributed by atoms with Crippen molar-refractivity contribution in [3.8, 4) is 11.6 Å². The van der Waals surface area contributed by atoms with Gasteiger partial charge in [-0.1, -0.05) is 15.9 Å². The molecule has 18 heavy (non-hydrogen) atoms. The van der Waals surface area contributed by atoms with Gasteiger partial charge in [-0.2, -0.15) is 4.98 Å². The van der Waals surface area contributed by atoms with Crippen molar-refractivity contribution in [2.75, 3.05) is 5.73 Å². The summed E-state index contributed by atoms with van der Waals surface area (Å²) in [6, 6.07) is 5.91. The molecule has 8 heteroatoms. The largest absolute Gasteiger partial charge is 0.432 e. The van der Waals surface area contributed by atoms with Crippen molar-refractivity contribution in [1.29, 1.82) is 0 Å². The van der Waals surface area contributed by atoms with Crippen molar-refractivity contribution < 1.29 is 9.66 Å². The number of hydrogen-bond acceptors (Lipinski definition) is 6. The number of nitrogens with zero attached hydrogens (tertiary/aromatic N) is 3. The fraction of sp³-hybridized carbons (Fsp3) is 0. The van der Waals surface area contributed by atoms with Crippen LogP contribution in [0, 0.1) is 10.1 Å². The van der Waals surface area contributed by atoms with Gasteiger partial charge in [0.2, 0.25) is 17.6 Å². The Bertz CT molecular complexity index is 605. The quantitative estimate of drug-likeness (QED) is 0.690. The molecule has 0 aliphatic rings. The third-order valence-electron chi connectivity index (χ3n) is 1.98. The maximum Gasteiger partial charge on any atom is 0.312 e. The van der Waals surface area contributed by atoms with Gasteiger partial charge in [0.25, 0.3) is 0 Å². The van der Waals surface area contributed by atoms with E-state index in [1.807, 2.05) is 0 Å². The van der Waals surface area contributed by atoms with Crippen molar-refractivity contribution >= 4 is 27.6 Å². The number of halogens is 1. The number of anilines is 1. The van der Waals surface area contributed by atoms with Crippen molar-refractivity contribution in [1.82, 2.24) is 9.97 Å². The van der Waals surface area contributed by atoms with E-state index in [-0.39, 0.29) is 23.3 Å². The van der Waals surface area contributed by atoms with E-state index in [1.165, 1.54) is 24.4 Å². The first-order chi connectivity index (χ1) is 8.56. The lowest BCUT2D eigenvalue weighted by Gasteiger charge is -2.05. The Morgan fingerprint density at radius 1 is 1.39 bits per heavy atom. The molecule has 1 aromatic carbocycles. The van der Waals surface area contributed by atoms with Gasteiger partial charge in [-0.3, -0.25) is 10.1 Å². The molecule has 1 aromatic heterocycles. The molecule has 7 nitrogen and oxygen atoms in total. The van der Waals surface area contributed by atoms with Gasteiger partial charge in [-0.25, -0.2) is 4.98 Å². The summed E-state index contributed by atoms with van der Waals surface area (Å²) in [4.78, 5) is 17.8. The fourth-order valence-electron chi connectivity index (χ4n) is 1.25. The van der Waals surface area contributed by atoms with Gasteiger partial charge in [-0.15, -0.1) is 0 Å². The maximum absolute atomic E-state index is 10.9. The SMILES string of the molecule is Nc1nccc(Oc2ccc(Br)cc2[N+](=O)[O-])n1. The predicted octanol–water partition coefficient (Wildman–Crippen LogP) is 2.52. The molecule has 0 saturated heterocycles. The third-order valence-corrected chi connectivity index (χ3v) is 2.47. The van der Waals surface area contributed by atoms with Crippen LogP contribution in [0.25, 0.3) is 0 Å². The molecule has 0 spiro atoms. The second-order valence-electron chi connectivity index (χ2n) is 3.22. The average Bonchev–Trinajstić information content (AvgIpc) is 2.31. The van der Waals surface area contributed by atoms with Gasteiger partial charge in [-0.05, 0) is 12.1 Å². The summed E-state index contributed by atoms with van der Waals surface area (Å²) in [5.74, 6) is 0.265. The maximum atomic E-state index is 10.9. The Balaban J connectivity index is 2.37. The minimum Gasteiger partial charge on any atom is -0.432 e. The van der Waals surface area contributed by atoms with Gasteiger partial charge in [0.1, 0.15) is 0 Å². The molecule has 0 aliphatic carbocycles. The standard InChI is InChI=1S/C10H7BrN4O3/c11-6-1-2-8(7(5-6)15(16)17)18-9-3-4-13-10(12)14-9/h1-5H,(H2,12,13,14). The molecule has 0 saturated carbocycles. The highest BCUT2D eigenvalue weighted by Gasteiger charge is 2.16.